The molecule has 116 valence electrons. The average Bonchev–Trinajstić information content (AvgIpc) is 3.02. The van der Waals surface area contributed by atoms with Crippen molar-refractivity contribution in [2.45, 2.75) is 39.7 Å². The van der Waals surface area contributed by atoms with Gasteiger partial charge in [-0.25, -0.2) is 13.1 Å². The standard InChI is InChI=1S/C15H21NO3S2/c1-14(2)12-3-5-15(14,13(17)7-12)10-21(18,19)16-8-11-4-6-20-9-11/h4,6,9,12,16H,3,5,7-8,10H2,1-2H3/t12-,15+/m0/s1. The van der Waals surface area contributed by atoms with Crippen molar-refractivity contribution in [1.82, 2.24) is 4.72 Å². The van der Waals surface area contributed by atoms with Gasteiger partial charge in [-0.2, -0.15) is 11.3 Å². The Morgan fingerprint density at radius 1 is 1.43 bits per heavy atom. The van der Waals surface area contributed by atoms with E-state index in [4.69, 9.17) is 0 Å². The lowest BCUT2D eigenvalue weighted by Gasteiger charge is -2.36. The molecule has 0 aliphatic heterocycles. The number of ketones is 1. The van der Waals surface area contributed by atoms with E-state index in [2.05, 4.69) is 18.6 Å². The zero-order valence-electron chi connectivity index (χ0n) is 12.4. The van der Waals surface area contributed by atoms with Gasteiger partial charge in [0.1, 0.15) is 5.78 Å². The van der Waals surface area contributed by atoms with Crippen LogP contribution in [0.25, 0.3) is 0 Å². The molecule has 0 radical (unpaired) electrons. The molecule has 0 saturated heterocycles. The van der Waals surface area contributed by atoms with E-state index in [-0.39, 0.29) is 17.0 Å². The molecule has 2 saturated carbocycles. The van der Waals surface area contributed by atoms with Crippen molar-refractivity contribution in [3.8, 4) is 0 Å². The molecule has 6 heteroatoms. The summed E-state index contributed by atoms with van der Waals surface area (Å²) in [7, 11) is -3.46. The van der Waals surface area contributed by atoms with Crippen LogP contribution in [0.3, 0.4) is 0 Å². The molecule has 4 nitrogen and oxygen atoms in total. The first-order valence-corrected chi connectivity index (χ1v) is 9.88. The summed E-state index contributed by atoms with van der Waals surface area (Å²) in [6.07, 6.45) is 2.23. The third-order valence-electron chi connectivity index (χ3n) is 5.65. The molecule has 0 unspecified atom stereocenters. The lowest BCUT2D eigenvalue weighted by atomic mass is 9.70. The first-order chi connectivity index (χ1) is 9.77. The summed E-state index contributed by atoms with van der Waals surface area (Å²) >= 11 is 1.54. The molecule has 1 aromatic rings. The molecule has 2 aliphatic carbocycles. The van der Waals surface area contributed by atoms with Gasteiger partial charge in [0.15, 0.2) is 0 Å². The Labute approximate surface area is 130 Å². The first kappa shape index (κ1) is 15.2. The Kier molecular flexibility index (Phi) is 3.54. The van der Waals surface area contributed by atoms with E-state index >= 15 is 0 Å². The molecular formula is C15H21NO3S2. The number of rotatable bonds is 5. The van der Waals surface area contributed by atoms with E-state index in [9.17, 15) is 13.2 Å². The van der Waals surface area contributed by atoms with Crippen molar-refractivity contribution < 1.29 is 13.2 Å². The summed E-state index contributed by atoms with van der Waals surface area (Å²) in [5, 5.41) is 3.85. The number of fused-ring (bicyclic) bond motifs is 2. The van der Waals surface area contributed by atoms with Crippen molar-refractivity contribution in [1.29, 1.82) is 0 Å². The number of carbonyl (C=O) groups excluding carboxylic acids is 1. The van der Waals surface area contributed by atoms with Crippen LogP contribution in [0.4, 0.5) is 0 Å². The van der Waals surface area contributed by atoms with Gasteiger partial charge in [-0.1, -0.05) is 13.8 Å². The molecule has 1 N–H and O–H groups in total. The highest BCUT2D eigenvalue weighted by atomic mass is 32.2. The molecule has 2 aliphatic rings. The van der Waals surface area contributed by atoms with Crippen LogP contribution in [0, 0.1) is 16.7 Å². The highest BCUT2D eigenvalue weighted by Crippen LogP contribution is 2.64. The van der Waals surface area contributed by atoms with Gasteiger partial charge in [0.05, 0.1) is 5.75 Å². The van der Waals surface area contributed by atoms with Gasteiger partial charge in [-0.05, 0) is 46.6 Å². The number of hydrogen-bond acceptors (Lipinski definition) is 4. The molecule has 0 aromatic carbocycles. The fourth-order valence-electron chi connectivity index (χ4n) is 4.07. The molecule has 2 atom stereocenters. The van der Waals surface area contributed by atoms with E-state index in [1.807, 2.05) is 16.8 Å². The van der Waals surface area contributed by atoms with E-state index in [0.29, 0.717) is 25.3 Å². The Morgan fingerprint density at radius 2 is 2.19 bits per heavy atom. The summed E-state index contributed by atoms with van der Waals surface area (Å²) in [5.74, 6) is 0.425. The fraction of sp³-hybridized carbons (Fsp3) is 0.667. The minimum Gasteiger partial charge on any atom is -0.299 e. The zero-order chi connectivity index (χ0) is 15.3. The topological polar surface area (TPSA) is 63.2 Å². The van der Waals surface area contributed by atoms with Gasteiger partial charge >= 0.3 is 0 Å². The molecular weight excluding hydrogens is 306 g/mol. The molecule has 2 fully saturated rings. The summed E-state index contributed by atoms with van der Waals surface area (Å²) in [6, 6.07) is 1.90. The number of sulfonamides is 1. The second-order valence-corrected chi connectivity index (χ2v) is 9.47. The third-order valence-corrected chi connectivity index (χ3v) is 7.84. The first-order valence-electron chi connectivity index (χ1n) is 7.29. The maximum absolute atomic E-state index is 12.4. The van der Waals surface area contributed by atoms with Crippen molar-refractivity contribution in [3.63, 3.8) is 0 Å². The van der Waals surface area contributed by atoms with Gasteiger partial charge in [0.2, 0.25) is 10.0 Å². The lowest BCUT2D eigenvalue weighted by Crippen LogP contribution is -2.45. The monoisotopic (exact) mass is 327 g/mol. The molecule has 0 amide bonds. The van der Waals surface area contributed by atoms with E-state index < -0.39 is 15.4 Å². The Bertz CT molecular complexity index is 648. The molecule has 2 bridgehead atoms. The second kappa shape index (κ2) is 4.89. The molecule has 3 rings (SSSR count). The van der Waals surface area contributed by atoms with Gasteiger partial charge in [0, 0.05) is 18.4 Å². The minimum atomic E-state index is -3.46. The SMILES string of the molecule is CC1(C)[C@H]2CC[C@@]1(CS(=O)(=O)NCc1ccsc1)C(=O)C2. The fourth-order valence-corrected chi connectivity index (χ4v) is 6.55. The Morgan fingerprint density at radius 3 is 2.71 bits per heavy atom. The van der Waals surface area contributed by atoms with E-state index in [0.717, 1.165) is 12.0 Å². The van der Waals surface area contributed by atoms with Crippen LogP contribution in [0.5, 0.6) is 0 Å². The van der Waals surface area contributed by atoms with Gasteiger partial charge < -0.3 is 0 Å². The number of carbonyl (C=O) groups is 1. The summed E-state index contributed by atoms with van der Waals surface area (Å²) < 4.78 is 27.5. The highest BCUT2D eigenvalue weighted by Gasteiger charge is 2.65. The average molecular weight is 327 g/mol. The normalized spacial score (nSPS) is 31.0. The smallest absolute Gasteiger partial charge is 0.212 e. The largest absolute Gasteiger partial charge is 0.299 e. The maximum Gasteiger partial charge on any atom is 0.212 e. The number of hydrogen-bond donors (Lipinski definition) is 1. The van der Waals surface area contributed by atoms with Crippen molar-refractivity contribution in [3.05, 3.63) is 22.4 Å². The van der Waals surface area contributed by atoms with Crippen molar-refractivity contribution >= 4 is 27.1 Å². The second-order valence-electron chi connectivity index (χ2n) is 6.88. The van der Waals surface area contributed by atoms with Gasteiger partial charge in [-0.15, -0.1) is 0 Å². The summed E-state index contributed by atoms with van der Waals surface area (Å²) in [4.78, 5) is 12.4. The maximum atomic E-state index is 12.4. The Balaban J connectivity index is 1.77. The predicted molar refractivity (Wildman–Crippen MR) is 83.5 cm³/mol. The third kappa shape index (κ3) is 2.37. The molecule has 0 spiro atoms. The lowest BCUT2D eigenvalue weighted by molar-refractivity contribution is -0.128. The minimum absolute atomic E-state index is 0.0630. The Hall–Kier alpha value is -0.720. The van der Waals surface area contributed by atoms with Crippen molar-refractivity contribution in [2.24, 2.45) is 16.7 Å². The van der Waals surface area contributed by atoms with Crippen LogP contribution >= 0.6 is 11.3 Å². The molecule has 1 heterocycles. The van der Waals surface area contributed by atoms with E-state index in [1.165, 1.54) is 0 Å². The van der Waals surface area contributed by atoms with Crippen LogP contribution in [-0.4, -0.2) is 20.0 Å². The van der Waals surface area contributed by atoms with Crippen LogP contribution in [-0.2, 0) is 21.4 Å². The van der Waals surface area contributed by atoms with Gasteiger partial charge in [0.25, 0.3) is 0 Å². The zero-order valence-corrected chi connectivity index (χ0v) is 14.0. The van der Waals surface area contributed by atoms with E-state index in [1.54, 1.807) is 11.3 Å². The van der Waals surface area contributed by atoms with Crippen LogP contribution in [0.1, 0.15) is 38.7 Å². The van der Waals surface area contributed by atoms with Crippen LogP contribution in [0.15, 0.2) is 16.8 Å². The quantitative estimate of drug-likeness (QED) is 0.904. The summed E-state index contributed by atoms with van der Waals surface area (Å²) in [5.41, 5.74) is 0.0710. The number of Topliss-reactive ketones (excluding diaryl/α,β-unsaturated/α-hetero) is 1. The number of nitrogens with one attached hydrogen (secondary N) is 1. The van der Waals surface area contributed by atoms with Crippen molar-refractivity contribution in [2.75, 3.05) is 5.75 Å². The number of thiophene rings is 1. The van der Waals surface area contributed by atoms with Gasteiger partial charge in [-0.3, -0.25) is 4.79 Å². The molecule has 1 aromatic heterocycles. The van der Waals surface area contributed by atoms with Crippen LogP contribution < -0.4 is 4.72 Å². The highest BCUT2D eigenvalue weighted by molar-refractivity contribution is 7.89. The predicted octanol–water partition coefficient (Wildman–Crippen LogP) is 2.56. The van der Waals surface area contributed by atoms with Crippen LogP contribution in [0.2, 0.25) is 0 Å². The molecule has 21 heavy (non-hydrogen) atoms. The summed E-state index contributed by atoms with van der Waals surface area (Å²) in [6.45, 7) is 4.42.